The molecule has 2 aromatic heterocycles. The maximum absolute atomic E-state index is 4.35. The second-order valence-electron chi connectivity index (χ2n) is 3.50. The summed E-state index contributed by atoms with van der Waals surface area (Å²) in [6.45, 7) is 2.96. The summed E-state index contributed by atoms with van der Waals surface area (Å²) in [5, 5.41) is 3.13. The summed E-state index contributed by atoms with van der Waals surface area (Å²) < 4.78 is 2.92. The molecule has 0 atom stereocenters. The first-order valence-electron chi connectivity index (χ1n) is 4.86. The minimum absolute atomic E-state index is 0.749. The number of rotatable bonds is 3. The van der Waals surface area contributed by atoms with Gasteiger partial charge in [-0.05, 0) is 35.5 Å². The average Bonchev–Trinajstić information content (AvgIpc) is 2.51. The molecule has 0 aliphatic rings. The Morgan fingerprint density at radius 1 is 1.53 bits per heavy atom. The van der Waals surface area contributed by atoms with Crippen molar-refractivity contribution in [2.24, 2.45) is 0 Å². The van der Waals surface area contributed by atoms with E-state index in [2.05, 4.69) is 37.4 Å². The lowest BCUT2D eigenvalue weighted by Gasteiger charge is -2.02. The number of hydrogen-bond donors (Lipinski definition) is 1. The van der Waals surface area contributed by atoms with E-state index >= 15 is 0 Å². The van der Waals surface area contributed by atoms with Crippen molar-refractivity contribution >= 4 is 21.7 Å². The minimum Gasteiger partial charge on any atom is -0.319 e. The van der Waals surface area contributed by atoms with Crippen LogP contribution in [-0.4, -0.2) is 28.0 Å². The van der Waals surface area contributed by atoms with Crippen LogP contribution in [0.2, 0.25) is 0 Å². The van der Waals surface area contributed by atoms with Crippen LogP contribution in [0.15, 0.2) is 17.0 Å². The van der Waals surface area contributed by atoms with E-state index in [0.717, 1.165) is 34.6 Å². The largest absolute Gasteiger partial charge is 0.319 e. The van der Waals surface area contributed by atoms with Gasteiger partial charge in [-0.1, -0.05) is 0 Å². The molecule has 5 heteroatoms. The monoisotopic (exact) mass is 268 g/mol. The van der Waals surface area contributed by atoms with Crippen molar-refractivity contribution in [2.45, 2.75) is 13.3 Å². The molecular weight excluding hydrogens is 256 g/mol. The number of aromatic nitrogens is 3. The van der Waals surface area contributed by atoms with Gasteiger partial charge in [0.15, 0.2) is 0 Å². The normalized spacial score (nSPS) is 11.1. The number of imidazole rings is 1. The van der Waals surface area contributed by atoms with Crippen LogP contribution in [0.1, 0.15) is 11.3 Å². The van der Waals surface area contributed by atoms with E-state index in [9.17, 15) is 0 Å². The maximum atomic E-state index is 4.35. The highest BCUT2D eigenvalue weighted by Crippen LogP contribution is 2.17. The quantitative estimate of drug-likeness (QED) is 0.919. The van der Waals surface area contributed by atoms with Gasteiger partial charge in [-0.3, -0.25) is 4.40 Å². The summed E-state index contributed by atoms with van der Waals surface area (Å²) in [6.07, 6.45) is 4.82. The van der Waals surface area contributed by atoms with Crippen LogP contribution in [0.3, 0.4) is 0 Å². The molecule has 0 aromatic carbocycles. The standard InChI is InChI=1S/C10H13BrN4/c1-7-5-13-10-14-9(11)8(3-4-12-2)15(10)6-7/h5-6,12H,3-4H2,1-2H3. The molecule has 0 spiro atoms. The third kappa shape index (κ3) is 2.03. The highest BCUT2D eigenvalue weighted by molar-refractivity contribution is 9.10. The number of nitrogens with zero attached hydrogens (tertiary/aromatic N) is 3. The smallest absolute Gasteiger partial charge is 0.235 e. The average molecular weight is 269 g/mol. The van der Waals surface area contributed by atoms with Crippen molar-refractivity contribution in [1.82, 2.24) is 19.7 Å². The van der Waals surface area contributed by atoms with Crippen LogP contribution < -0.4 is 5.32 Å². The highest BCUT2D eigenvalue weighted by atomic mass is 79.9. The van der Waals surface area contributed by atoms with Gasteiger partial charge in [0, 0.05) is 25.4 Å². The molecule has 4 nitrogen and oxygen atoms in total. The van der Waals surface area contributed by atoms with Crippen LogP contribution in [-0.2, 0) is 6.42 Å². The number of hydrogen-bond acceptors (Lipinski definition) is 3. The molecule has 1 N–H and O–H groups in total. The Hall–Kier alpha value is -0.940. The lowest BCUT2D eigenvalue weighted by Crippen LogP contribution is -2.12. The van der Waals surface area contributed by atoms with Crippen molar-refractivity contribution in [3.8, 4) is 0 Å². The summed E-state index contributed by atoms with van der Waals surface area (Å²) in [6, 6.07) is 0. The van der Waals surface area contributed by atoms with Gasteiger partial charge in [-0.2, -0.15) is 0 Å². The van der Waals surface area contributed by atoms with E-state index in [1.807, 2.05) is 24.6 Å². The molecule has 0 aliphatic heterocycles. The second-order valence-corrected chi connectivity index (χ2v) is 4.26. The molecule has 0 fully saturated rings. The Morgan fingerprint density at radius 3 is 3.07 bits per heavy atom. The predicted molar refractivity (Wildman–Crippen MR) is 63.1 cm³/mol. The summed E-state index contributed by atoms with van der Waals surface area (Å²) >= 11 is 3.46. The number of nitrogens with one attached hydrogen (secondary N) is 1. The molecule has 0 saturated heterocycles. The number of halogens is 1. The molecule has 0 aliphatic carbocycles. The molecule has 0 amide bonds. The Balaban J connectivity index is 2.50. The molecular formula is C10H13BrN4. The fourth-order valence-electron chi connectivity index (χ4n) is 1.52. The molecule has 80 valence electrons. The van der Waals surface area contributed by atoms with Gasteiger partial charge in [0.2, 0.25) is 5.78 Å². The summed E-state index contributed by atoms with van der Waals surface area (Å²) in [4.78, 5) is 8.62. The topological polar surface area (TPSA) is 42.2 Å². The van der Waals surface area contributed by atoms with E-state index in [1.54, 1.807) is 0 Å². The minimum atomic E-state index is 0.749. The SMILES string of the molecule is CNCCc1c(Br)nc2ncc(C)cn12. The van der Waals surface area contributed by atoms with Gasteiger partial charge in [0.1, 0.15) is 4.60 Å². The van der Waals surface area contributed by atoms with Gasteiger partial charge in [0.25, 0.3) is 0 Å². The molecule has 0 radical (unpaired) electrons. The molecule has 0 saturated carbocycles. The summed E-state index contributed by atoms with van der Waals surface area (Å²) in [5.41, 5.74) is 2.30. The number of likely N-dealkylation sites (N-methyl/N-ethyl adjacent to an activating group) is 1. The van der Waals surface area contributed by atoms with E-state index in [1.165, 1.54) is 0 Å². The van der Waals surface area contributed by atoms with Crippen LogP contribution in [0.5, 0.6) is 0 Å². The van der Waals surface area contributed by atoms with Crippen molar-refractivity contribution in [2.75, 3.05) is 13.6 Å². The van der Waals surface area contributed by atoms with E-state index < -0.39 is 0 Å². The molecule has 2 rings (SSSR count). The van der Waals surface area contributed by atoms with Gasteiger partial charge >= 0.3 is 0 Å². The Labute approximate surface area is 96.9 Å². The van der Waals surface area contributed by atoms with E-state index in [4.69, 9.17) is 0 Å². The second kappa shape index (κ2) is 4.28. The third-order valence-corrected chi connectivity index (χ3v) is 2.91. The molecule has 2 aromatic rings. The Morgan fingerprint density at radius 2 is 2.33 bits per heavy atom. The predicted octanol–water partition coefficient (Wildman–Crippen LogP) is 1.56. The fraction of sp³-hybridized carbons (Fsp3) is 0.400. The van der Waals surface area contributed by atoms with E-state index in [0.29, 0.717) is 0 Å². The first-order valence-corrected chi connectivity index (χ1v) is 5.65. The van der Waals surface area contributed by atoms with Gasteiger partial charge in [0.05, 0.1) is 5.69 Å². The van der Waals surface area contributed by atoms with Crippen molar-refractivity contribution in [3.05, 3.63) is 28.3 Å². The van der Waals surface area contributed by atoms with Crippen molar-refractivity contribution in [3.63, 3.8) is 0 Å². The Bertz CT molecular complexity index is 477. The fourth-order valence-corrected chi connectivity index (χ4v) is 2.06. The highest BCUT2D eigenvalue weighted by Gasteiger charge is 2.09. The lowest BCUT2D eigenvalue weighted by atomic mass is 10.3. The molecule has 2 heterocycles. The zero-order valence-electron chi connectivity index (χ0n) is 8.79. The zero-order valence-corrected chi connectivity index (χ0v) is 10.4. The molecule has 0 unspecified atom stereocenters. The van der Waals surface area contributed by atoms with Gasteiger partial charge in [-0.25, -0.2) is 9.97 Å². The molecule has 15 heavy (non-hydrogen) atoms. The van der Waals surface area contributed by atoms with Gasteiger partial charge < -0.3 is 5.32 Å². The number of fused-ring (bicyclic) bond motifs is 1. The summed E-state index contributed by atoms with van der Waals surface area (Å²) in [5.74, 6) is 0.749. The van der Waals surface area contributed by atoms with Crippen molar-refractivity contribution in [1.29, 1.82) is 0 Å². The van der Waals surface area contributed by atoms with Crippen LogP contribution in [0.4, 0.5) is 0 Å². The van der Waals surface area contributed by atoms with Gasteiger partial charge in [-0.15, -0.1) is 0 Å². The Kier molecular flexibility index (Phi) is 3.02. The van der Waals surface area contributed by atoms with Crippen LogP contribution >= 0.6 is 15.9 Å². The first kappa shape index (κ1) is 10.6. The van der Waals surface area contributed by atoms with Crippen LogP contribution in [0, 0.1) is 6.92 Å². The maximum Gasteiger partial charge on any atom is 0.235 e. The number of aryl methyl sites for hydroxylation is 1. The first-order chi connectivity index (χ1) is 7.22. The molecule has 0 bridgehead atoms. The van der Waals surface area contributed by atoms with E-state index in [-0.39, 0.29) is 0 Å². The van der Waals surface area contributed by atoms with Crippen LogP contribution in [0.25, 0.3) is 5.78 Å². The summed E-state index contributed by atoms with van der Waals surface area (Å²) in [7, 11) is 1.95. The van der Waals surface area contributed by atoms with Crippen molar-refractivity contribution < 1.29 is 0 Å². The lowest BCUT2D eigenvalue weighted by molar-refractivity contribution is 0.767. The third-order valence-electron chi connectivity index (χ3n) is 2.27. The zero-order chi connectivity index (χ0) is 10.8.